The highest BCUT2D eigenvalue weighted by Crippen LogP contribution is 2.25. The Morgan fingerprint density at radius 2 is 1.64 bits per heavy atom. The first kappa shape index (κ1) is 21.6. The first-order valence-corrected chi connectivity index (χ1v) is 10.0. The highest BCUT2D eigenvalue weighted by Gasteiger charge is 2.16. The van der Waals surface area contributed by atoms with Crippen LogP contribution in [0, 0.1) is 0 Å². The van der Waals surface area contributed by atoms with Crippen LogP contribution in [0.1, 0.15) is 39.5 Å². The monoisotopic (exact) mass is 365 g/mol. The van der Waals surface area contributed by atoms with E-state index in [-0.39, 0.29) is 5.91 Å². The molecule has 140 valence electrons. The van der Waals surface area contributed by atoms with Gasteiger partial charge in [-0.3, -0.25) is 10.0 Å². The predicted molar refractivity (Wildman–Crippen MR) is 107 cm³/mol. The molecule has 0 atom stereocenters. The Morgan fingerprint density at radius 3 is 2.08 bits per heavy atom. The topological polar surface area (TPSA) is 40.5 Å². The molecule has 0 radical (unpaired) electrons. The van der Waals surface area contributed by atoms with E-state index in [9.17, 15) is 10.0 Å². The highest BCUT2D eigenvalue weighted by atomic mass is 32.1. The van der Waals surface area contributed by atoms with E-state index in [0.717, 1.165) is 5.06 Å². The van der Waals surface area contributed by atoms with Crippen LogP contribution in [0.3, 0.4) is 0 Å². The molecule has 0 saturated heterocycles. The van der Waals surface area contributed by atoms with E-state index < -0.39 is 0 Å². The lowest BCUT2D eigenvalue weighted by Gasteiger charge is -2.34. The molecule has 2 rings (SSSR count). The Morgan fingerprint density at radius 1 is 1.08 bits per heavy atom. The number of quaternary nitrogens is 1. The molecule has 1 N–H and O–H groups in total. The average molecular weight is 366 g/mol. The van der Waals surface area contributed by atoms with Crippen LogP contribution in [-0.4, -0.2) is 53.4 Å². The molecule has 0 saturated carbocycles. The van der Waals surface area contributed by atoms with Gasteiger partial charge < -0.3 is 4.48 Å². The van der Waals surface area contributed by atoms with Crippen LogP contribution < -0.4 is 0 Å². The lowest BCUT2D eigenvalue weighted by Crippen LogP contribution is -2.47. The largest absolute Gasteiger partial charge is 0.325 e. The molecule has 0 bridgehead atoms. The van der Waals surface area contributed by atoms with Gasteiger partial charge in [0.15, 0.2) is 0 Å². The molecule has 0 aliphatic rings. The lowest BCUT2D eigenvalue weighted by atomic mass is 10.2. The first-order valence-electron chi connectivity index (χ1n) is 9.20. The summed E-state index contributed by atoms with van der Waals surface area (Å²) in [6, 6.07) is 10.3. The number of nitrogens with zero attached hydrogens (tertiary/aromatic N) is 2. The van der Waals surface area contributed by atoms with Crippen molar-refractivity contribution in [3.63, 3.8) is 0 Å². The number of amides is 1. The number of hydrogen-bond donors (Lipinski definition) is 1. The minimum Gasteiger partial charge on any atom is -0.325 e. The van der Waals surface area contributed by atoms with Crippen molar-refractivity contribution in [2.75, 3.05) is 32.7 Å². The van der Waals surface area contributed by atoms with Crippen LogP contribution in [-0.2, 0) is 11.2 Å². The standard InChI is InChI=1S/C12H13NO2S.C8H20N/c1-9(14)13(15)7-6-11-8-10-4-2-3-5-12(10)16-11;1-5-9(6-2,7-3)8-4/h2-5,8,15H,6-7H2,1H3;5-8H2,1-4H3/q;+1. The van der Waals surface area contributed by atoms with Crippen LogP contribution in [0.4, 0.5) is 0 Å². The van der Waals surface area contributed by atoms with Gasteiger partial charge in [0.2, 0.25) is 5.91 Å². The van der Waals surface area contributed by atoms with E-state index in [1.165, 1.54) is 52.5 Å². The van der Waals surface area contributed by atoms with E-state index >= 15 is 0 Å². The molecule has 1 heterocycles. The number of hydrogen-bond acceptors (Lipinski definition) is 3. The second-order valence-corrected chi connectivity index (χ2v) is 7.42. The Kier molecular flexibility index (Phi) is 9.11. The first-order chi connectivity index (χ1) is 11.9. The molecule has 0 aliphatic heterocycles. The summed E-state index contributed by atoms with van der Waals surface area (Å²) in [6.45, 7) is 15.9. The highest BCUT2D eigenvalue weighted by molar-refractivity contribution is 7.19. The van der Waals surface area contributed by atoms with Gasteiger partial charge in [-0.05, 0) is 45.2 Å². The molecule has 0 aliphatic carbocycles. The fourth-order valence-corrected chi connectivity index (χ4v) is 3.93. The maximum absolute atomic E-state index is 10.8. The van der Waals surface area contributed by atoms with E-state index in [4.69, 9.17) is 0 Å². The summed E-state index contributed by atoms with van der Waals surface area (Å²) in [5.41, 5.74) is 0. The Labute approximate surface area is 156 Å². The second kappa shape index (κ2) is 10.5. The summed E-state index contributed by atoms with van der Waals surface area (Å²) in [7, 11) is 0. The van der Waals surface area contributed by atoms with Gasteiger partial charge in [-0.15, -0.1) is 11.3 Å². The van der Waals surface area contributed by atoms with Crippen molar-refractivity contribution in [2.45, 2.75) is 41.0 Å². The number of carbonyl (C=O) groups excluding carboxylic acids is 1. The maximum Gasteiger partial charge on any atom is 0.242 e. The summed E-state index contributed by atoms with van der Waals surface area (Å²) >= 11 is 1.70. The second-order valence-electron chi connectivity index (χ2n) is 6.25. The number of rotatable bonds is 7. The van der Waals surface area contributed by atoms with Gasteiger partial charge in [-0.2, -0.15) is 0 Å². The molecule has 0 unspecified atom stereocenters. The number of hydroxylamine groups is 2. The van der Waals surface area contributed by atoms with Crippen molar-refractivity contribution < 1.29 is 14.5 Å². The van der Waals surface area contributed by atoms with Crippen molar-refractivity contribution in [1.82, 2.24) is 5.06 Å². The fraction of sp³-hybridized carbons (Fsp3) is 0.550. The van der Waals surface area contributed by atoms with Crippen LogP contribution in [0.5, 0.6) is 0 Å². The van der Waals surface area contributed by atoms with Crippen molar-refractivity contribution in [3.8, 4) is 0 Å². The quantitative estimate of drug-likeness (QED) is 0.444. The van der Waals surface area contributed by atoms with Crippen LogP contribution in [0.25, 0.3) is 10.1 Å². The minimum atomic E-state index is -0.318. The molecule has 0 spiro atoms. The average Bonchev–Trinajstić information content (AvgIpc) is 3.05. The summed E-state index contributed by atoms with van der Waals surface area (Å²) in [6.07, 6.45) is 0.690. The fourth-order valence-electron chi connectivity index (χ4n) is 2.88. The summed E-state index contributed by atoms with van der Waals surface area (Å²) in [5, 5.41) is 11.2. The third-order valence-electron chi connectivity index (χ3n) is 5.09. The normalized spacial score (nSPS) is 11.1. The zero-order chi connectivity index (χ0) is 18.9. The molecule has 4 nitrogen and oxygen atoms in total. The zero-order valence-electron chi connectivity index (χ0n) is 16.3. The SMILES string of the molecule is CC(=O)N(O)CCc1cc2ccccc2s1.CC[N+](CC)(CC)CC. The third-order valence-corrected chi connectivity index (χ3v) is 6.27. The van der Waals surface area contributed by atoms with Crippen LogP contribution in [0.15, 0.2) is 30.3 Å². The van der Waals surface area contributed by atoms with Gasteiger partial charge in [0.25, 0.3) is 0 Å². The Hall–Kier alpha value is -1.43. The third kappa shape index (κ3) is 6.42. The van der Waals surface area contributed by atoms with Gasteiger partial charge in [-0.25, -0.2) is 5.06 Å². The molecule has 1 aromatic heterocycles. The Bertz CT molecular complexity index is 599. The summed E-state index contributed by atoms with van der Waals surface area (Å²) in [4.78, 5) is 12.0. The molecule has 25 heavy (non-hydrogen) atoms. The lowest BCUT2D eigenvalue weighted by molar-refractivity contribution is -0.921. The van der Waals surface area contributed by atoms with Crippen LogP contribution in [0.2, 0.25) is 0 Å². The van der Waals surface area contributed by atoms with E-state index in [1.54, 1.807) is 11.3 Å². The van der Waals surface area contributed by atoms with Gasteiger partial charge in [0, 0.05) is 22.9 Å². The predicted octanol–water partition coefficient (Wildman–Crippen LogP) is 4.56. The number of carbonyl (C=O) groups is 1. The molecule has 5 heteroatoms. The number of fused-ring (bicyclic) bond motifs is 1. The molecular weight excluding hydrogens is 332 g/mol. The summed E-state index contributed by atoms with van der Waals surface area (Å²) < 4.78 is 2.52. The van der Waals surface area contributed by atoms with E-state index in [2.05, 4.69) is 45.9 Å². The van der Waals surface area contributed by atoms with Crippen LogP contribution >= 0.6 is 11.3 Å². The molecule has 1 amide bonds. The Balaban J connectivity index is 0.000000299. The van der Waals surface area contributed by atoms with Crippen molar-refractivity contribution in [2.24, 2.45) is 0 Å². The summed E-state index contributed by atoms with van der Waals surface area (Å²) in [5.74, 6) is -0.318. The van der Waals surface area contributed by atoms with Gasteiger partial charge in [0.1, 0.15) is 0 Å². The van der Waals surface area contributed by atoms with Crippen molar-refractivity contribution in [1.29, 1.82) is 0 Å². The van der Waals surface area contributed by atoms with Crippen molar-refractivity contribution >= 4 is 27.3 Å². The molecular formula is C20H33N2O2S+. The number of benzene rings is 1. The van der Waals surface area contributed by atoms with Crippen molar-refractivity contribution in [3.05, 3.63) is 35.2 Å². The van der Waals surface area contributed by atoms with Gasteiger partial charge in [-0.1, -0.05) is 18.2 Å². The molecule has 1 aromatic carbocycles. The minimum absolute atomic E-state index is 0.318. The smallest absolute Gasteiger partial charge is 0.242 e. The molecule has 0 fully saturated rings. The van der Waals surface area contributed by atoms with E-state index in [0.29, 0.717) is 13.0 Å². The maximum atomic E-state index is 10.8. The zero-order valence-corrected chi connectivity index (χ0v) is 17.1. The van der Waals surface area contributed by atoms with Gasteiger partial charge >= 0.3 is 0 Å². The van der Waals surface area contributed by atoms with Gasteiger partial charge in [0.05, 0.1) is 32.7 Å². The number of thiophene rings is 1. The van der Waals surface area contributed by atoms with E-state index in [1.807, 2.05) is 12.1 Å². The molecule has 2 aromatic rings.